The zero-order valence-electron chi connectivity index (χ0n) is 6.14. The first-order valence-electron chi connectivity index (χ1n) is 3.17. The van der Waals surface area contributed by atoms with E-state index in [1.54, 1.807) is 22.6 Å². The zero-order chi connectivity index (χ0) is 10.0. The van der Waals surface area contributed by atoms with E-state index in [-0.39, 0.29) is 3.70 Å². The van der Waals surface area contributed by atoms with E-state index in [0.29, 0.717) is 0 Å². The summed E-state index contributed by atoms with van der Waals surface area (Å²) in [4.78, 5) is 13.3. The largest absolute Gasteiger partial charge is 0.348 e. The van der Waals surface area contributed by atoms with Gasteiger partial charge in [0.15, 0.2) is 0 Å². The van der Waals surface area contributed by atoms with E-state index in [9.17, 15) is 13.6 Å². The van der Waals surface area contributed by atoms with Gasteiger partial charge in [-0.1, -0.05) is 0 Å². The zero-order valence-corrected chi connectivity index (χ0v) is 8.30. The number of aromatic nitrogens is 1. The van der Waals surface area contributed by atoms with Crippen molar-refractivity contribution in [3.8, 4) is 6.07 Å². The first kappa shape index (κ1) is 10.1. The van der Waals surface area contributed by atoms with Crippen LogP contribution in [0.3, 0.4) is 0 Å². The lowest BCUT2D eigenvalue weighted by molar-refractivity contribution is 0.145. The highest BCUT2D eigenvalue weighted by molar-refractivity contribution is 14.1. The van der Waals surface area contributed by atoms with E-state index in [4.69, 9.17) is 5.26 Å². The third kappa shape index (κ3) is 2.03. The van der Waals surface area contributed by atoms with E-state index in [0.717, 1.165) is 6.07 Å². The van der Waals surface area contributed by atoms with Crippen LogP contribution in [0.2, 0.25) is 0 Å². The van der Waals surface area contributed by atoms with Gasteiger partial charge in [-0.2, -0.15) is 5.26 Å². The second-order valence-electron chi connectivity index (χ2n) is 2.18. The van der Waals surface area contributed by atoms with Crippen LogP contribution in [0.4, 0.5) is 8.78 Å². The van der Waals surface area contributed by atoms with Crippen LogP contribution in [0.1, 0.15) is 17.7 Å². The number of nitrogens with zero attached hydrogens (tertiary/aromatic N) is 1. The van der Waals surface area contributed by atoms with Gasteiger partial charge in [0.05, 0.1) is 3.70 Å². The van der Waals surface area contributed by atoms with Crippen molar-refractivity contribution in [2.24, 2.45) is 0 Å². The molecule has 0 radical (unpaired) electrons. The molecule has 1 aromatic heterocycles. The average molecular weight is 296 g/mol. The van der Waals surface area contributed by atoms with Crippen LogP contribution in [0.15, 0.2) is 10.9 Å². The molecule has 1 heterocycles. The lowest BCUT2D eigenvalue weighted by Crippen LogP contribution is -2.12. The van der Waals surface area contributed by atoms with Gasteiger partial charge in [-0.3, -0.25) is 4.79 Å². The van der Waals surface area contributed by atoms with Gasteiger partial charge in [0.1, 0.15) is 17.3 Å². The Bertz CT molecular complexity index is 421. The molecule has 0 amide bonds. The third-order valence-electron chi connectivity index (χ3n) is 1.36. The van der Waals surface area contributed by atoms with Crippen molar-refractivity contribution in [2.75, 3.05) is 0 Å². The fourth-order valence-corrected chi connectivity index (χ4v) is 1.40. The van der Waals surface area contributed by atoms with E-state index in [1.807, 2.05) is 0 Å². The van der Waals surface area contributed by atoms with Crippen LogP contribution >= 0.6 is 22.6 Å². The Morgan fingerprint density at radius 1 is 1.62 bits per heavy atom. The minimum Gasteiger partial charge on any atom is -0.348 e. The smallest absolute Gasteiger partial charge is 0.279 e. The topological polar surface area (TPSA) is 56.6 Å². The van der Waals surface area contributed by atoms with Gasteiger partial charge in [-0.15, -0.1) is 0 Å². The highest BCUT2D eigenvalue weighted by Crippen LogP contribution is 2.18. The molecule has 0 unspecified atom stereocenters. The summed E-state index contributed by atoms with van der Waals surface area (Å²) in [6.07, 6.45) is -2.84. The molecule has 3 nitrogen and oxygen atoms in total. The molecule has 0 aromatic carbocycles. The Hall–Kier alpha value is -0.970. The molecule has 0 saturated carbocycles. The number of halogens is 3. The van der Waals surface area contributed by atoms with Gasteiger partial charge in [-0.05, 0) is 22.6 Å². The summed E-state index contributed by atoms with van der Waals surface area (Å²) < 4.78 is 24.8. The average Bonchev–Trinajstić information content (AvgIpc) is 2.02. The summed E-state index contributed by atoms with van der Waals surface area (Å²) in [5.74, 6) is 0. The first-order valence-corrected chi connectivity index (χ1v) is 4.25. The number of pyridine rings is 1. The van der Waals surface area contributed by atoms with Gasteiger partial charge in [0.2, 0.25) is 5.43 Å². The molecule has 0 spiro atoms. The first-order chi connectivity index (χ1) is 6.06. The van der Waals surface area contributed by atoms with Crippen LogP contribution < -0.4 is 5.43 Å². The molecule has 0 atom stereocenters. The predicted octanol–water partition coefficient (Wildman–Crippen LogP) is 1.79. The maximum atomic E-state index is 12.2. The molecule has 1 rings (SSSR count). The third-order valence-corrected chi connectivity index (χ3v) is 1.94. The van der Waals surface area contributed by atoms with Crippen molar-refractivity contribution in [3.05, 3.63) is 31.2 Å². The fourth-order valence-electron chi connectivity index (χ4n) is 0.826. The number of nitrogens with one attached hydrogen (secondary N) is 1. The van der Waals surface area contributed by atoms with E-state index < -0.39 is 23.1 Å². The van der Waals surface area contributed by atoms with Crippen molar-refractivity contribution < 1.29 is 8.78 Å². The molecule has 0 fully saturated rings. The number of nitriles is 1. The highest BCUT2D eigenvalue weighted by Gasteiger charge is 2.16. The second kappa shape index (κ2) is 3.83. The number of hydrogen-bond acceptors (Lipinski definition) is 2. The Morgan fingerprint density at radius 2 is 2.23 bits per heavy atom. The number of rotatable bonds is 1. The summed E-state index contributed by atoms with van der Waals surface area (Å²) in [6.45, 7) is 0. The van der Waals surface area contributed by atoms with Crippen LogP contribution in [0, 0.1) is 15.0 Å². The Balaban J connectivity index is 3.50. The van der Waals surface area contributed by atoms with Crippen LogP contribution in [0.5, 0.6) is 0 Å². The van der Waals surface area contributed by atoms with Crippen LogP contribution in [-0.2, 0) is 0 Å². The van der Waals surface area contributed by atoms with Crippen molar-refractivity contribution in [2.45, 2.75) is 6.43 Å². The van der Waals surface area contributed by atoms with Gasteiger partial charge in [-0.25, -0.2) is 8.78 Å². The summed E-state index contributed by atoms with van der Waals surface area (Å²) in [7, 11) is 0. The van der Waals surface area contributed by atoms with Gasteiger partial charge < -0.3 is 4.98 Å². The van der Waals surface area contributed by atoms with Crippen molar-refractivity contribution >= 4 is 22.6 Å². The summed E-state index contributed by atoms with van der Waals surface area (Å²) in [5, 5.41) is 8.43. The van der Waals surface area contributed by atoms with Crippen LogP contribution in [-0.4, -0.2) is 4.98 Å². The summed E-state index contributed by atoms with van der Waals surface area (Å²) >= 11 is 1.70. The molecule has 1 N–H and O–H groups in total. The molecule has 0 saturated heterocycles. The molecule has 0 aliphatic heterocycles. The standard InChI is InChI=1S/C7H3F2IN2O/c8-7(9)6-3(2-11)4(13)1-5(10)12-6/h1,7H,(H,12,13). The molecule has 0 bridgehead atoms. The monoisotopic (exact) mass is 296 g/mol. The Morgan fingerprint density at radius 3 is 2.69 bits per heavy atom. The molecule has 6 heteroatoms. The fraction of sp³-hybridized carbons (Fsp3) is 0.143. The number of alkyl halides is 2. The Labute approximate surface area is 85.5 Å². The number of H-pyrrole nitrogens is 1. The summed E-state index contributed by atoms with van der Waals surface area (Å²) in [5.41, 5.74) is -1.81. The Kier molecular flexibility index (Phi) is 2.98. The van der Waals surface area contributed by atoms with E-state index in [2.05, 4.69) is 4.98 Å². The maximum absolute atomic E-state index is 12.2. The number of aromatic amines is 1. The molecule has 13 heavy (non-hydrogen) atoms. The highest BCUT2D eigenvalue weighted by atomic mass is 127. The lowest BCUT2D eigenvalue weighted by Gasteiger charge is -2.02. The SMILES string of the molecule is N#Cc1c(C(F)F)[nH]c(I)cc1=O. The predicted molar refractivity (Wildman–Crippen MR) is 49.5 cm³/mol. The molecule has 1 aromatic rings. The molecular weight excluding hydrogens is 293 g/mol. The second-order valence-corrected chi connectivity index (χ2v) is 3.34. The maximum Gasteiger partial charge on any atom is 0.279 e. The van der Waals surface area contributed by atoms with Gasteiger partial charge >= 0.3 is 0 Å². The van der Waals surface area contributed by atoms with Gasteiger partial charge in [0, 0.05) is 6.07 Å². The molecular formula is C7H3F2IN2O. The minimum atomic E-state index is -2.84. The van der Waals surface area contributed by atoms with Crippen molar-refractivity contribution in [3.63, 3.8) is 0 Å². The quantitative estimate of drug-likeness (QED) is 0.634. The molecule has 0 aliphatic carbocycles. The normalized spacial score (nSPS) is 10.1. The van der Waals surface area contributed by atoms with Gasteiger partial charge in [0.25, 0.3) is 6.43 Å². The lowest BCUT2D eigenvalue weighted by atomic mass is 10.2. The van der Waals surface area contributed by atoms with Crippen molar-refractivity contribution in [1.82, 2.24) is 4.98 Å². The van der Waals surface area contributed by atoms with Crippen LogP contribution in [0.25, 0.3) is 0 Å². The van der Waals surface area contributed by atoms with E-state index in [1.165, 1.54) is 6.07 Å². The minimum absolute atomic E-state index is 0.289. The molecule has 0 aliphatic rings. The summed E-state index contributed by atoms with van der Waals surface area (Å²) in [6, 6.07) is 2.55. The van der Waals surface area contributed by atoms with Crippen molar-refractivity contribution in [1.29, 1.82) is 5.26 Å². The van der Waals surface area contributed by atoms with E-state index >= 15 is 0 Å². The molecule has 68 valence electrons. The number of hydrogen-bond donors (Lipinski definition) is 1.